The summed E-state index contributed by atoms with van der Waals surface area (Å²) < 4.78 is 0. The average molecular weight is 213 g/mol. The van der Waals surface area contributed by atoms with E-state index in [0.717, 1.165) is 5.30 Å². The summed E-state index contributed by atoms with van der Waals surface area (Å²) in [7, 11) is 0. The maximum absolute atomic E-state index is 5.68. The molecule has 1 rings (SSSR count). The van der Waals surface area contributed by atoms with E-state index in [0.29, 0.717) is 5.02 Å². The second-order valence-electron chi connectivity index (χ2n) is 1.71. The molecule has 10 heavy (non-hydrogen) atoms. The lowest BCUT2D eigenvalue weighted by Crippen LogP contribution is -1.91. The predicted octanol–water partition coefficient (Wildman–Crippen LogP) is 3.75. The maximum Gasteiger partial charge on any atom is 0.116 e. The van der Waals surface area contributed by atoms with Crippen molar-refractivity contribution < 1.29 is 0 Å². The third kappa shape index (κ3) is 2.29. The summed E-state index contributed by atoms with van der Waals surface area (Å²) in [6.45, 7) is -1.05. The first-order chi connectivity index (χ1) is 4.70. The molecular weight excluding hydrogens is 209 g/mol. The normalized spacial score (nSPS) is 10.4. The molecule has 1 aromatic rings. The minimum absolute atomic E-state index is 0.673. The van der Waals surface area contributed by atoms with Crippen molar-refractivity contribution in [2.45, 2.75) is 0 Å². The molecule has 0 amide bonds. The molecule has 0 heterocycles. The monoisotopic (exact) mass is 212 g/mol. The third-order valence-electron chi connectivity index (χ3n) is 1.00. The lowest BCUT2D eigenvalue weighted by molar-refractivity contribution is 1.77. The van der Waals surface area contributed by atoms with Crippen LogP contribution in [0.1, 0.15) is 0 Å². The van der Waals surface area contributed by atoms with Gasteiger partial charge in [-0.15, -0.1) is 0 Å². The molecule has 0 fully saturated rings. The van der Waals surface area contributed by atoms with Crippen LogP contribution in [0.15, 0.2) is 24.3 Å². The predicted molar refractivity (Wildman–Crippen MR) is 49.7 cm³/mol. The highest BCUT2D eigenvalue weighted by Gasteiger charge is 2.02. The van der Waals surface area contributed by atoms with Gasteiger partial charge in [0.1, 0.15) is 6.63 Å². The summed E-state index contributed by atoms with van der Waals surface area (Å²) in [6, 6.07) is 7.25. The van der Waals surface area contributed by atoms with E-state index in [1.54, 1.807) is 12.1 Å². The standard InChI is InChI=1S/C6H4Cl3P/c7-5-2-1-3-6(4-5)10(8)9/h1-4H. The summed E-state index contributed by atoms with van der Waals surface area (Å²) >= 11 is 17.0. The van der Waals surface area contributed by atoms with Gasteiger partial charge in [-0.2, -0.15) is 0 Å². The van der Waals surface area contributed by atoms with E-state index < -0.39 is 6.63 Å². The Morgan fingerprint density at radius 2 is 1.90 bits per heavy atom. The average Bonchev–Trinajstić information content (AvgIpc) is 1.88. The molecule has 0 radical (unpaired) electrons. The van der Waals surface area contributed by atoms with E-state index in [4.69, 9.17) is 34.1 Å². The number of halogens is 3. The van der Waals surface area contributed by atoms with Crippen LogP contribution in [0.5, 0.6) is 0 Å². The zero-order chi connectivity index (χ0) is 7.56. The fourth-order valence-corrected chi connectivity index (χ4v) is 1.91. The smallest absolute Gasteiger partial charge is 0.0843 e. The van der Waals surface area contributed by atoms with Gasteiger partial charge in [-0.25, -0.2) is 0 Å². The van der Waals surface area contributed by atoms with Crippen LogP contribution in [-0.4, -0.2) is 0 Å². The highest BCUT2D eigenvalue weighted by Crippen LogP contribution is 2.45. The summed E-state index contributed by atoms with van der Waals surface area (Å²) in [5.74, 6) is 0. The van der Waals surface area contributed by atoms with Crippen molar-refractivity contribution in [1.29, 1.82) is 0 Å². The molecule has 0 atom stereocenters. The Balaban J connectivity index is 2.96. The first kappa shape index (κ1) is 8.62. The molecule has 0 nitrogen and oxygen atoms in total. The molecule has 0 unspecified atom stereocenters. The molecule has 0 saturated heterocycles. The Hall–Kier alpha value is 0.520. The largest absolute Gasteiger partial charge is 0.116 e. The Bertz CT molecular complexity index is 224. The summed E-state index contributed by atoms with van der Waals surface area (Å²) in [6.07, 6.45) is 0. The fraction of sp³-hybridized carbons (Fsp3) is 0. The van der Waals surface area contributed by atoms with Crippen LogP contribution in [0.3, 0.4) is 0 Å². The molecule has 0 saturated carbocycles. The van der Waals surface area contributed by atoms with Crippen molar-refractivity contribution in [3.63, 3.8) is 0 Å². The van der Waals surface area contributed by atoms with Crippen molar-refractivity contribution in [2.24, 2.45) is 0 Å². The van der Waals surface area contributed by atoms with Crippen LogP contribution >= 0.6 is 40.7 Å². The maximum atomic E-state index is 5.68. The van der Waals surface area contributed by atoms with Gasteiger partial charge < -0.3 is 0 Å². The molecule has 0 N–H and O–H groups in total. The molecule has 0 bridgehead atoms. The molecule has 0 spiro atoms. The first-order valence-corrected chi connectivity index (χ1v) is 6.10. The minimum Gasteiger partial charge on any atom is -0.0843 e. The molecule has 4 heteroatoms. The molecule has 0 aliphatic rings. The van der Waals surface area contributed by atoms with Crippen LogP contribution in [0, 0.1) is 0 Å². The lowest BCUT2D eigenvalue weighted by atomic mass is 10.4. The van der Waals surface area contributed by atoms with Crippen LogP contribution in [-0.2, 0) is 0 Å². The Morgan fingerprint density at radius 3 is 2.30 bits per heavy atom. The second kappa shape index (κ2) is 3.78. The van der Waals surface area contributed by atoms with Gasteiger partial charge in [-0.3, -0.25) is 0 Å². The van der Waals surface area contributed by atoms with Gasteiger partial charge in [0.05, 0.1) is 0 Å². The fourth-order valence-electron chi connectivity index (χ4n) is 0.581. The van der Waals surface area contributed by atoms with Crippen LogP contribution in [0.2, 0.25) is 5.02 Å². The highest BCUT2D eigenvalue weighted by atomic mass is 35.9. The molecular formula is C6H4Cl3P. The first-order valence-electron chi connectivity index (χ1n) is 2.57. The van der Waals surface area contributed by atoms with Crippen molar-refractivity contribution in [2.75, 3.05) is 0 Å². The second-order valence-corrected chi connectivity index (χ2v) is 5.68. The minimum atomic E-state index is -1.05. The molecule has 0 aliphatic carbocycles. The van der Waals surface area contributed by atoms with Crippen molar-refractivity contribution >= 4 is 46.0 Å². The van der Waals surface area contributed by atoms with E-state index in [1.165, 1.54) is 0 Å². The Labute approximate surface area is 75.4 Å². The van der Waals surface area contributed by atoms with Gasteiger partial charge in [0.15, 0.2) is 0 Å². The van der Waals surface area contributed by atoms with Crippen molar-refractivity contribution in [3.05, 3.63) is 29.3 Å². The molecule has 0 aromatic heterocycles. The Kier molecular flexibility index (Phi) is 3.26. The van der Waals surface area contributed by atoms with Crippen LogP contribution in [0.4, 0.5) is 0 Å². The third-order valence-corrected chi connectivity index (χ3v) is 3.08. The number of hydrogen-bond acceptors (Lipinski definition) is 0. The zero-order valence-corrected chi connectivity index (χ0v) is 8.05. The van der Waals surface area contributed by atoms with Gasteiger partial charge in [0.25, 0.3) is 0 Å². The van der Waals surface area contributed by atoms with Gasteiger partial charge >= 0.3 is 0 Å². The van der Waals surface area contributed by atoms with Crippen LogP contribution < -0.4 is 5.30 Å². The van der Waals surface area contributed by atoms with E-state index in [1.807, 2.05) is 12.1 Å². The molecule has 0 aliphatic heterocycles. The van der Waals surface area contributed by atoms with E-state index >= 15 is 0 Å². The van der Waals surface area contributed by atoms with Crippen molar-refractivity contribution in [3.8, 4) is 0 Å². The van der Waals surface area contributed by atoms with Crippen LogP contribution in [0.25, 0.3) is 0 Å². The topological polar surface area (TPSA) is 0 Å². The summed E-state index contributed by atoms with van der Waals surface area (Å²) in [4.78, 5) is 0. The highest BCUT2D eigenvalue weighted by molar-refractivity contribution is 8.08. The van der Waals surface area contributed by atoms with Gasteiger partial charge in [0, 0.05) is 10.3 Å². The van der Waals surface area contributed by atoms with E-state index in [2.05, 4.69) is 0 Å². The SMILES string of the molecule is Clc1cccc(P(Cl)Cl)c1. The quantitative estimate of drug-likeness (QED) is 0.623. The van der Waals surface area contributed by atoms with E-state index in [9.17, 15) is 0 Å². The molecule has 54 valence electrons. The summed E-state index contributed by atoms with van der Waals surface area (Å²) in [5, 5.41) is 1.57. The van der Waals surface area contributed by atoms with Gasteiger partial charge in [-0.1, -0.05) is 46.2 Å². The number of hydrogen-bond donors (Lipinski definition) is 0. The number of rotatable bonds is 1. The van der Waals surface area contributed by atoms with Gasteiger partial charge in [-0.05, 0) is 12.1 Å². The molecule has 1 aromatic carbocycles. The Morgan fingerprint density at radius 1 is 1.20 bits per heavy atom. The zero-order valence-electron chi connectivity index (χ0n) is 4.89. The lowest BCUT2D eigenvalue weighted by Gasteiger charge is -1.98. The van der Waals surface area contributed by atoms with Crippen molar-refractivity contribution in [1.82, 2.24) is 0 Å². The van der Waals surface area contributed by atoms with E-state index in [-0.39, 0.29) is 0 Å². The number of benzene rings is 1. The summed E-state index contributed by atoms with van der Waals surface area (Å²) in [5.41, 5.74) is 0. The van der Waals surface area contributed by atoms with Gasteiger partial charge in [0.2, 0.25) is 0 Å².